The van der Waals surface area contributed by atoms with Gasteiger partial charge in [-0.2, -0.15) is 8.78 Å². The third-order valence-corrected chi connectivity index (χ3v) is 7.35. The van der Waals surface area contributed by atoms with Crippen LogP contribution in [0.15, 0.2) is 24.3 Å². The zero-order valence-corrected chi connectivity index (χ0v) is 14.9. The Morgan fingerprint density at radius 3 is 2.40 bits per heavy atom. The van der Waals surface area contributed by atoms with Crippen molar-refractivity contribution in [2.45, 2.75) is 39.7 Å². The number of alkyl halides is 2. The summed E-state index contributed by atoms with van der Waals surface area (Å²) >= 11 is 0. The monoisotopic (exact) mass is 373 g/mol. The van der Waals surface area contributed by atoms with Crippen LogP contribution in [0.5, 0.6) is 5.75 Å². The molecule has 0 aromatic heterocycles. The van der Waals surface area contributed by atoms with Gasteiger partial charge < -0.3 is 4.74 Å². The van der Waals surface area contributed by atoms with Gasteiger partial charge in [0.25, 0.3) is 0 Å². The van der Waals surface area contributed by atoms with E-state index >= 15 is 0 Å². The maximum absolute atomic E-state index is 12.6. The van der Waals surface area contributed by atoms with Crippen LogP contribution in [-0.4, -0.2) is 26.6 Å². The molecule has 8 heteroatoms. The molecular weight excluding hydrogens is 352 g/mol. The first kappa shape index (κ1) is 18.1. The normalized spacial score (nSPS) is 27.7. The molecule has 0 amide bonds. The second kappa shape index (κ2) is 5.93. The van der Waals surface area contributed by atoms with Crippen molar-refractivity contribution in [3.8, 4) is 5.75 Å². The zero-order chi connectivity index (χ0) is 18.5. The summed E-state index contributed by atoms with van der Waals surface area (Å²) in [7, 11) is -3.76. The smallest absolute Gasteiger partial charge is 0.387 e. The average Bonchev–Trinajstić information content (AvgIpc) is 2.82. The van der Waals surface area contributed by atoms with Crippen molar-refractivity contribution >= 4 is 21.5 Å². The number of nitrogens with one attached hydrogen (secondary N) is 1. The minimum atomic E-state index is -3.76. The highest BCUT2D eigenvalue weighted by Gasteiger charge is 2.65. The SMILES string of the molecule is CC1(C)[C@@H]2CC[C@@]1(CS(=O)(=O)Nc1ccc(OC(F)F)cc1)C(=O)C2. The van der Waals surface area contributed by atoms with Crippen molar-refractivity contribution in [3.63, 3.8) is 0 Å². The Labute approximate surface area is 145 Å². The lowest BCUT2D eigenvalue weighted by atomic mass is 9.70. The number of fused-ring (bicyclic) bond motifs is 2. The number of carbonyl (C=O) groups excluding carboxylic acids is 1. The van der Waals surface area contributed by atoms with Crippen LogP contribution >= 0.6 is 0 Å². The van der Waals surface area contributed by atoms with Crippen molar-refractivity contribution in [2.75, 3.05) is 10.5 Å². The topological polar surface area (TPSA) is 72.5 Å². The largest absolute Gasteiger partial charge is 0.435 e. The van der Waals surface area contributed by atoms with E-state index in [4.69, 9.17) is 0 Å². The number of sulfonamides is 1. The summed E-state index contributed by atoms with van der Waals surface area (Å²) in [6, 6.07) is 5.23. The van der Waals surface area contributed by atoms with Gasteiger partial charge >= 0.3 is 6.61 Å². The standard InChI is InChI=1S/C17H21F2NO4S/c1-16(2)11-7-8-17(16,14(21)9-11)10-25(22,23)20-12-3-5-13(6-4-12)24-15(18)19/h3-6,11,15,20H,7-10H2,1-2H3/t11-,17-/m1/s1. The second-order valence-corrected chi connectivity index (χ2v) is 9.15. The molecular formula is C17H21F2NO4S. The Balaban J connectivity index is 1.76. The first-order valence-corrected chi connectivity index (χ1v) is 9.80. The molecule has 0 radical (unpaired) electrons. The predicted molar refractivity (Wildman–Crippen MR) is 89.0 cm³/mol. The molecule has 2 bridgehead atoms. The van der Waals surface area contributed by atoms with Crippen LogP contribution in [0.4, 0.5) is 14.5 Å². The van der Waals surface area contributed by atoms with E-state index in [2.05, 4.69) is 9.46 Å². The fourth-order valence-electron chi connectivity index (χ4n) is 4.35. The average molecular weight is 373 g/mol. The molecule has 138 valence electrons. The van der Waals surface area contributed by atoms with Crippen molar-refractivity contribution in [2.24, 2.45) is 16.7 Å². The van der Waals surface area contributed by atoms with Crippen molar-refractivity contribution in [1.82, 2.24) is 0 Å². The van der Waals surface area contributed by atoms with Gasteiger partial charge in [-0.05, 0) is 48.4 Å². The first-order valence-electron chi connectivity index (χ1n) is 8.14. The fourth-order valence-corrected chi connectivity index (χ4v) is 6.25. The molecule has 25 heavy (non-hydrogen) atoms. The fraction of sp³-hybridized carbons (Fsp3) is 0.588. The number of ketones is 1. The zero-order valence-electron chi connectivity index (χ0n) is 14.1. The molecule has 3 rings (SSSR count). The number of anilines is 1. The van der Waals surface area contributed by atoms with E-state index in [1.807, 2.05) is 13.8 Å². The predicted octanol–water partition coefficient (Wildman–Crippen LogP) is 3.43. The Kier molecular flexibility index (Phi) is 4.29. The van der Waals surface area contributed by atoms with Crippen LogP contribution in [-0.2, 0) is 14.8 Å². The summed E-state index contributed by atoms with van der Waals surface area (Å²) in [5, 5.41) is 0. The molecule has 0 saturated heterocycles. The molecule has 0 heterocycles. The molecule has 2 aliphatic rings. The third kappa shape index (κ3) is 3.12. The highest BCUT2D eigenvalue weighted by atomic mass is 32.2. The van der Waals surface area contributed by atoms with Gasteiger partial charge in [-0.15, -0.1) is 0 Å². The van der Waals surface area contributed by atoms with Gasteiger partial charge in [0.1, 0.15) is 11.5 Å². The molecule has 2 saturated carbocycles. The Morgan fingerprint density at radius 1 is 1.28 bits per heavy atom. The maximum atomic E-state index is 12.6. The molecule has 2 fully saturated rings. The van der Waals surface area contributed by atoms with E-state index in [0.29, 0.717) is 12.8 Å². The number of halogens is 2. The highest BCUT2D eigenvalue weighted by molar-refractivity contribution is 7.92. The summed E-state index contributed by atoms with van der Waals surface area (Å²) in [4.78, 5) is 12.5. The van der Waals surface area contributed by atoms with E-state index in [9.17, 15) is 22.0 Å². The van der Waals surface area contributed by atoms with Crippen LogP contribution in [0, 0.1) is 16.7 Å². The third-order valence-electron chi connectivity index (χ3n) is 5.93. The van der Waals surface area contributed by atoms with E-state index in [1.54, 1.807) is 0 Å². The quantitative estimate of drug-likeness (QED) is 0.829. The van der Waals surface area contributed by atoms with Gasteiger partial charge in [0.15, 0.2) is 0 Å². The molecule has 1 aromatic rings. The highest BCUT2D eigenvalue weighted by Crippen LogP contribution is 2.64. The molecule has 0 spiro atoms. The second-order valence-electron chi connectivity index (χ2n) is 7.43. The van der Waals surface area contributed by atoms with Crippen LogP contribution in [0.1, 0.15) is 33.1 Å². The molecule has 5 nitrogen and oxygen atoms in total. The van der Waals surface area contributed by atoms with Gasteiger partial charge in [0.2, 0.25) is 10.0 Å². The minimum absolute atomic E-state index is 0.0276. The maximum Gasteiger partial charge on any atom is 0.387 e. The Morgan fingerprint density at radius 2 is 1.92 bits per heavy atom. The lowest BCUT2D eigenvalue weighted by molar-refractivity contribution is -0.128. The minimum Gasteiger partial charge on any atom is -0.435 e. The summed E-state index contributed by atoms with van der Waals surface area (Å²) in [5.74, 6) is -0.0412. The molecule has 1 N–H and O–H groups in total. The summed E-state index contributed by atoms with van der Waals surface area (Å²) in [6.45, 7) is 1.01. The van der Waals surface area contributed by atoms with Crippen LogP contribution in [0.3, 0.4) is 0 Å². The molecule has 2 aliphatic carbocycles. The number of hydrogen-bond acceptors (Lipinski definition) is 4. The lowest BCUT2D eigenvalue weighted by Crippen LogP contribution is -2.43. The number of rotatable bonds is 6. The lowest BCUT2D eigenvalue weighted by Gasteiger charge is -2.36. The van der Waals surface area contributed by atoms with Gasteiger partial charge in [0, 0.05) is 12.1 Å². The summed E-state index contributed by atoms with van der Waals surface area (Å²) < 4.78 is 56.2. The number of hydrogen-bond donors (Lipinski definition) is 1. The van der Waals surface area contributed by atoms with E-state index in [0.717, 1.165) is 6.42 Å². The summed E-state index contributed by atoms with van der Waals surface area (Å²) in [6.07, 6.45) is 1.90. The van der Waals surface area contributed by atoms with Crippen molar-refractivity contribution < 1.29 is 26.7 Å². The van der Waals surface area contributed by atoms with Crippen LogP contribution < -0.4 is 9.46 Å². The van der Waals surface area contributed by atoms with E-state index in [-0.39, 0.29) is 34.3 Å². The molecule has 0 unspecified atom stereocenters. The number of benzene rings is 1. The van der Waals surface area contributed by atoms with Crippen molar-refractivity contribution in [1.29, 1.82) is 0 Å². The number of ether oxygens (including phenoxy) is 1. The van der Waals surface area contributed by atoms with Gasteiger partial charge in [-0.3, -0.25) is 9.52 Å². The summed E-state index contributed by atoms with van der Waals surface area (Å²) in [5.41, 5.74) is -0.938. The van der Waals surface area contributed by atoms with Crippen LogP contribution in [0.25, 0.3) is 0 Å². The van der Waals surface area contributed by atoms with Gasteiger partial charge in [0.05, 0.1) is 11.2 Å². The molecule has 1 aromatic carbocycles. The molecule has 2 atom stereocenters. The number of carbonyl (C=O) groups is 1. The number of Topliss-reactive ketones (excluding diaryl/α,β-unsaturated/α-hetero) is 1. The van der Waals surface area contributed by atoms with E-state index < -0.39 is 22.0 Å². The van der Waals surface area contributed by atoms with Gasteiger partial charge in [-0.1, -0.05) is 13.8 Å². The Hall–Kier alpha value is -1.70. The van der Waals surface area contributed by atoms with Crippen molar-refractivity contribution in [3.05, 3.63) is 24.3 Å². The van der Waals surface area contributed by atoms with Gasteiger partial charge in [-0.25, -0.2) is 8.42 Å². The Bertz CT molecular complexity index is 776. The first-order chi connectivity index (χ1) is 11.6. The molecule has 0 aliphatic heterocycles. The van der Waals surface area contributed by atoms with E-state index in [1.165, 1.54) is 24.3 Å². The van der Waals surface area contributed by atoms with Crippen LogP contribution in [0.2, 0.25) is 0 Å².